The van der Waals surface area contributed by atoms with Crippen molar-refractivity contribution in [2.45, 2.75) is 12.0 Å². The molecular formula is C22H24LrN5O3S-3. The van der Waals surface area contributed by atoms with E-state index >= 15 is 0 Å². The number of nitrogens with one attached hydrogen (secondary N) is 1. The Morgan fingerprint density at radius 3 is 2.69 bits per heavy atom. The van der Waals surface area contributed by atoms with Gasteiger partial charge in [-0.2, -0.15) is 0 Å². The Labute approximate surface area is 186 Å². The first-order valence-corrected chi connectivity index (χ1v) is 10.4. The largest absolute Gasteiger partial charge is 0.581 e. The number of likely N-dealkylation sites (tertiary alicyclic amines) is 1. The van der Waals surface area contributed by atoms with Gasteiger partial charge in [0.25, 0.3) is 5.91 Å². The van der Waals surface area contributed by atoms with E-state index in [9.17, 15) is 9.90 Å². The Balaban J connectivity index is 0.000000672. The van der Waals surface area contributed by atoms with Gasteiger partial charge in [0.1, 0.15) is 10.7 Å². The molecule has 0 spiro atoms. The van der Waals surface area contributed by atoms with Crippen LogP contribution >= 0.6 is 11.3 Å². The second kappa shape index (κ2) is 10.4. The number of aromatic nitrogens is 3. The van der Waals surface area contributed by atoms with Crippen molar-refractivity contribution in [2.75, 3.05) is 25.5 Å². The molecule has 1 atom stereocenters. The van der Waals surface area contributed by atoms with Gasteiger partial charge in [0, 0.05) is 37.2 Å². The summed E-state index contributed by atoms with van der Waals surface area (Å²) in [6, 6.07) is 9.16. The Bertz CT molecular complexity index is 1050. The molecule has 1 fully saturated rings. The van der Waals surface area contributed by atoms with Crippen LogP contribution in [0.1, 0.15) is 12.0 Å². The molecule has 1 saturated heterocycles. The maximum absolute atomic E-state index is 12.4. The molecule has 1 radical (unpaired) electrons. The van der Waals surface area contributed by atoms with Gasteiger partial charge in [-0.15, -0.1) is 17.9 Å². The molecule has 2 N–H and O–H groups in total. The smallest absolute Gasteiger partial charge is 0.258 e. The zero-order valence-electron chi connectivity index (χ0n) is 17.5. The normalized spacial score (nSPS) is 17.4. The quantitative estimate of drug-likeness (QED) is 0.395. The van der Waals surface area contributed by atoms with Crippen LogP contribution in [0, 0.1) is 21.1 Å². The van der Waals surface area contributed by atoms with Gasteiger partial charge in [0.15, 0.2) is 11.5 Å². The van der Waals surface area contributed by atoms with Crippen molar-refractivity contribution in [2.24, 2.45) is 0 Å². The van der Waals surface area contributed by atoms with Crippen molar-refractivity contribution in [3.05, 3.63) is 68.6 Å². The van der Waals surface area contributed by atoms with Gasteiger partial charge in [0.05, 0.1) is 5.69 Å². The number of amides is 1. The number of anilines is 1. The van der Waals surface area contributed by atoms with E-state index in [1.165, 1.54) is 11.3 Å². The molecule has 10 heteroatoms. The summed E-state index contributed by atoms with van der Waals surface area (Å²) in [5.74, 6) is 0.156. The number of benzene rings is 1. The Hall–Kier alpha value is -3.88. The van der Waals surface area contributed by atoms with Crippen LogP contribution in [0.15, 0.2) is 41.9 Å². The summed E-state index contributed by atoms with van der Waals surface area (Å²) in [5.41, 5.74) is 1.41. The number of carbonyl (C=O) groups excluding carboxylic acids is 1. The van der Waals surface area contributed by atoms with Gasteiger partial charge in [0.2, 0.25) is 0 Å². The molecule has 32 heavy (non-hydrogen) atoms. The van der Waals surface area contributed by atoms with Gasteiger partial charge in [-0.3, -0.25) is 11.8 Å². The standard InChI is InChI=1S/C19H18N5O2S.C3H6O.Lr/c1-20-18-21-8-6-14(23-18)15-11-27-16(22-15)12-4-3-5-13(10-12)19(26)7-9-24(2)17(19)25;1-3-4-2;/h3-6,8,10-11,26H,1,7,9H2,2H3,(H,20,21,23);1-3H2;/q-1;-2;/t19-;;/m1../s1. The van der Waals surface area contributed by atoms with Crippen molar-refractivity contribution in [1.29, 1.82) is 0 Å². The molecule has 1 aliphatic heterocycles. The second-order valence-electron chi connectivity index (χ2n) is 6.81. The molecule has 8 nitrogen and oxygen atoms in total. The molecule has 3 heterocycles. The summed E-state index contributed by atoms with van der Waals surface area (Å²) >= 11 is 1.48. The fourth-order valence-electron chi connectivity index (χ4n) is 3.14. The van der Waals surface area contributed by atoms with Gasteiger partial charge in [-0.25, -0.2) is 22.1 Å². The van der Waals surface area contributed by atoms with Crippen molar-refractivity contribution in [1.82, 2.24) is 19.9 Å². The zero-order chi connectivity index (χ0) is 22.4. The van der Waals surface area contributed by atoms with E-state index in [1.807, 2.05) is 23.6 Å². The van der Waals surface area contributed by atoms with Crippen molar-refractivity contribution >= 4 is 23.2 Å². The minimum absolute atomic E-state index is 0. The summed E-state index contributed by atoms with van der Waals surface area (Å²) in [4.78, 5) is 27.0. The van der Waals surface area contributed by atoms with Gasteiger partial charge in [-0.05, 0) is 17.7 Å². The number of hydrogen-bond donors (Lipinski definition) is 2. The SMILES string of the molecule is [CH2-]CO[CH2-].[CH2-]Nc1nccc(-c2csc(-c3cccc([C@]4(O)CCN(C)C4=O)c3)n2)n1.[Lr]. The van der Waals surface area contributed by atoms with Crippen LogP contribution < -0.4 is 5.32 Å². The average Bonchev–Trinajstić information content (AvgIpc) is 3.41. The van der Waals surface area contributed by atoms with E-state index in [1.54, 1.807) is 30.3 Å². The number of hydrogen-bond acceptors (Lipinski definition) is 8. The van der Waals surface area contributed by atoms with Crippen LogP contribution in [0.4, 0.5) is 5.95 Å². The first kappa shape index (κ1) is 24.4. The van der Waals surface area contributed by atoms with Crippen LogP contribution in [0.2, 0.25) is 0 Å². The van der Waals surface area contributed by atoms with Crippen LogP contribution in [0.25, 0.3) is 22.0 Å². The third kappa shape index (κ3) is 4.88. The number of thiazole rings is 1. The van der Waals surface area contributed by atoms with E-state index < -0.39 is 5.60 Å². The van der Waals surface area contributed by atoms with Crippen LogP contribution in [0.3, 0.4) is 0 Å². The maximum Gasteiger partial charge on any atom is 0.258 e. The van der Waals surface area contributed by atoms with Gasteiger partial charge < -0.3 is 27.0 Å². The van der Waals surface area contributed by atoms with Crippen molar-refractivity contribution in [3.63, 3.8) is 0 Å². The molecule has 2 aromatic heterocycles. The molecule has 1 aliphatic rings. The molecule has 0 bridgehead atoms. The van der Waals surface area contributed by atoms with Crippen LogP contribution in [-0.4, -0.2) is 51.1 Å². The molecule has 1 aromatic carbocycles. The summed E-state index contributed by atoms with van der Waals surface area (Å²) in [6.07, 6.45) is 2.03. The molecule has 0 unspecified atom stereocenters. The van der Waals surface area contributed by atoms with Gasteiger partial charge >= 0.3 is 0 Å². The number of nitrogens with zero attached hydrogens (tertiary/aromatic N) is 4. The molecule has 4 rings (SSSR count). The van der Waals surface area contributed by atoms with E-state index in [4.69, 9.17) is 0 Å². The van der Waals surface area contributed by atoms with E-state index in [2.05, 4.69) is 46.1 Å². The summed E-state index contributed by atoms with van der Waals surface area (Å²) < 4.78 is 4.18. The number of likely N-dealkylation sites (N-methyl/N-ethyl adjacent to an activating group) is 1. The number of aliphatic hydroxyl groups is 1. The van der Waals surface area contributed by atoms with Crippen LogP contribution in [0.5, 0.6) is 0 Å². The molecule has 179 valence electrons. The molecule has 3 aromatic rings. The number of rotatable bonds is 5. The topological polar surface area (TPSA) is 100 Å². The number of ether oxygens (including phenoxy) is 1. The summed E-state index contributed by atoms with van der Waals surface area (Å²) in [6.45, 7) is 4.32. The second-order valence-corrected chi connectivity index (χ2v) is 7.66. The zero-order valence-corrected chi connectivity index (χ0v) is 20.5. The van der Waals surface area contributed by atoms with Crippen LogP contribution in [-0.2, 0) is 15.1 Å². The molecular weight excluding hydrogens is 676 g/mol. The minimum atomic E-state index is -1.47. The Kier molecular flexibility index (Phi) is 7.95. The molecule has 0 aliphatic carbocycles. The van der Waals surface area contributed by atoms with E-state index in [-0.39, 0.29) is 5.91 Å². The minimum Gasteiger partial charge on any atom is -0.581 e. The molecule has 1 amide bonds. The fourth-order valence-corrected chi connectivity index (χ4v) is 3.95. The van der Waals surface area contributed by atoms with Gasteiger partial charge in [-0.1, -0.05) is 18.2 Å². The molecule has 0 saturated carbocycles. The average molecular weight is 701 g/mol. The number of carbonyl (C=O) groups is 1. The summed E-state index contributed by atoms with van der Waals surface area (Å²) in [7, 11) is 8.31. The monoisotopic (exact) mass is 700 g/mol. The third-order valence-corrected chi connectivity index (χ3v) is 5.71. The first-order valence-electron chi connectivity index (χ1n) is 9.50. The summed E-state index contributed by atoms with van der Waals surface area (Å²) in [5, 5.41) is 16.2. The first-order chi connectivity index (χ1) is 14.9. The maximum atomic E-state index is 12.4. The van der Waals surface area contributed by atoms with E-state index in [0.717, 1.165) is 16.3 Å². The fraction of sp³-hybridized carbons (Fsp3) is 0.227. The van der Waals surface area contributed by atoms with Crippen molar-refractivity contribution < 1.29 is 14.6 Å². The predicted octanol–water partition coefficient (Wildman–Crippen LogP) is 3.15. The predicted molar refractivity (Wildman–Crippen MR) is 120 cm³/mol. The Morgan fingerprint density at radius 2 is 2.06 bits per heavy atom. The Morgan fingerprint density at radius 1 is 1.31 bits per heavy atom. The van der Waals surface area contributed by atoms with E-state index in [0.29, 0.717) is 36.8 Å². The van der Waals surface area contributed by atoms with Crippen molar-refractivity contribution in [3.8, 4) is 22.0 Å². The third-order valence-electron chi connectivity index (χ3n) is 4.82.